The van der Waals surface area contributed by atoms with Gasteiger partial charge >= 0.3 is 6.09 Å². The van der Waals surface area contributed by atoms with Crippen LogP contribution in [0.1, 0.15) is 20.8 Å². The molecule has 0 unspecified atom stereocenters. The van der Waals surface area contributed by atoms with Crippen LogP contribution in [0, 0.1) is 5.92 Å². The summed E-state index contributed by atoms with van der Waals surface area (Å²) in [5, 5.41) is 3.31. The third-order valence-electron chi connectivity index (χ3n) is 2.73. The molecule has 80 valence electrons. The molecule has 2 aliphatic rings. The van der Waals surface area contributed by atoms with Crippen molar-refractivity contribution in [2.24, 2.45) is 5.92 Å². The number of nitrogens with zero attached hydrogens (tertiary/aromatic N) is 1. The number of ether oxygens (including phenoxy) is 1. The monoisotopic (exact) mass is 198 g/mol. The summed E-state index contributed by atoms with van der Waals surface area (Å²) in [6, 6.07) is 0.516. The van der Waals surface area contributed by atoms with Gasteiger partial charge in [-0.3, -0.25) is 0 Å². The molecule has 2 saturated heterocycles. The lowest BCUT2D eigenvalue weighted by Gasteiger charge is -2.29. The lowest BCUT2D eigenvalue weighted by molar-refractivity contribution is 0.0290. The van der Waals surface area contributed by atoms with Gasteiger partial charge in [0.25, 0.3) is 0 Å². The molecule has 4 nitrogen and oxygen atoms in total. The predicted molar refractivity (Wildman–Crippen MR) is 53.1 cm³/mol. The SMILES string of the molecule is CC(C)(C)OC(=O)N1C[C@H]2CN[C@@H]2C1. The number of likely N-dealkylation sites (tertiary alicyclic amines) is 1. The Morgan fingerprint density at radius 2 is 2.14 bits per heavy atom. The molecule has 1 N–H and O–H groups in total. The van der Waals surface area contributed by atoms with E-state index in [0.29, 0.717) is 12.0 Å². The van der Waals surface area contributed by atoms with Crippen LogP contribution in [0.2, 0.25) is 0 Å². The highest BCUT2D eigenvalue weighted by Crippen LogP contribution is 2.24. The molecule has 0 bridgehead atoms. The van der Waals surface area contributed by atoms with Crippen LogP contribution in [-0.2, 0) is 4.74 Å². The van der Waals surface area contributed by atoms with Gasteiger partial charge < -0.3 is 15.0 Å². The van der Waals surface area contributed by atoms with Crippen molar-refractivity contribution in [2.75, 3.05) is 19.6 Å². The van der Waals surface area contributed by atoms with Crippen molar-refractivity contribution in [1.29, 1.82) is 0 Å². The van der Waals surface area contributed by atoms with E-state index in [9.17, 15) is 4.79 Å². The lowest BCUT2D eigenvalue weighted by Crippen LogP contribution is -2.51. The van der Waals surface area contributed by atoms with Crippen molar-refractivity contribution < 1.29 is 9.53 Å². The summed E-state index contributed by atoms with van der Waals surface area (Å²) in [7, 11) is 0. The highest BCUT2D eigenvalue weighted by atomic mass is 16.6. The van der Waals surface area contributed by atoms with E-state index in [1.54, 1.807) is 4.90 Å². The number of fused-ring (bicyclic) bond motifs is 1. The van der Waals surface area contributed by atoms with Crippen LogP contribution in [0.3, 0.4) is 0 Å². The van der Waals surface area contributed by atoms with Crippen LogP contribution in [0.4, 0.5) is 4.79 Å². The van der Waals surface area contributed by atoms with E-state index in [2.05, 4.69) is 5.32 Å². The van der Waals surface area contributed by atoms with Gasteiger partial charge in [-0.25, -0.2) is 4.79 Å². The lowest BCUT2D eigenvalue weighted by atomic mass is 9.96. The maximum atomic E-state index is 11.7. The molecule has 0 aromatic carbocycles. The molecule has 0 spiro atoms. The van der Waals surface area contributed by atoms with Crippen LogP contribution in [0.5, 0.6) is 0 Å². The second-order valence-electron chi connectivity index (χ2n) is 5.16. The van der Waals surface area contributed by atoms with Crippen LogP contribution < -0.4 is 5.32 Å². The van der Waals surface area contributed by atoms with Crippen LogP contribution >= 0.6 is 0 Å². The first kappa shape index (κ1) is 9.77. The quantitative estimate of drug-likeness (QED) is 0.626. The number of amides is 1. The minimum Gasteiger partial charge on any atom is -0.444 e. The molecule has 4 heteroatoms. The minimum absolute atomic E-state index is 0.172. The summed E-state index contributed by atoms with van der Waals surface area (Å²) < 4.78 is 5.31. The highest BCUT2D eigenvalue weighted by molar-refractivity contribution is 5.68. The molecule has 2 atom stereocenters. The van der Waals surface area contributed by atoms with Crippen molar-refractivity contribution in [3.63, 3.8) is 0 Å². The van der Waals surface area contributed by atoms with E-state index in [1.165, 1.54) is 0 Å². The molecular weight excluding hydrogens is 180 g/mol. The Morgan fingerprint density at radius 3 is 2.50 bits per heavy atom. The van der Waals surface area contributed by atoms with Gasteiger partial charge in [0.2, 0.25) is 0 Å². The molecule has 0 aromatic heterocycles. The van der Waals surface area contributed by atoms with Crippen LogP contribution in [0.25, 0.3) is 0 Å². The number of nitrogens with one attached hydrogen (secondary N) is 1. The Labute approximate surface area is 84.6 Å². The first-order chi connectivity index (χ1) is 6.46. The third kappa shape index (κ3) is 1.85. The largest absolute Gasteiger partial charge is 0.444 e. The molecule has 2 heterocycles. The standard InChI is InChI=1S/C10H18N2O2/c1-10(2,3)14-9(13)12-5-7-4-11-8(7)6-12/h7-8,11H,4-6H2,1-3H3/t7-,8-/m1/s1. The zero-order valence-corrected chi connectivity index (χ0v) is 9.04. The maximum absolute atomic E-state index is 11.7. The number of carbonyl (C=O) groups is 1. The molecular formula is C10H18N2O2. The average molecular weight is 198 g/mol. The van der Waals surface area contributed by atoms with E-state index in [-0.39, 0.29) is 11.7 Å². The maximum Gasteiger partial charge on any atom is 0.410 e. The zero-order valence-electron chi connectivity index (χ0n) is 9.04. The molecule has 0 aromatic rings. The summed E-state index contributed by atoms with van der Waals surface area (Å²) in [4.78, 5) is 13.5. The van der Waals surface area contributed by atoms with Crippen LogP contribution in [-0.4, -0.2) is 42.3 Å². The van der Waals surface area contributed by atoms with Gasteiger partial charge in [0.15, 0.2) is 0 Å². The van der Waals surface area contributed by atoms with Crippen molar-refractivity contribution in [3.8, 4) is 0 Å². The predicted octanol–water partition coefficient (Wildman–Crippen LogP) is 0.825. The molecule has 2 fully saturated rings. The fraction of sp³-hybridized carbons (Fsp3) is 0.900. The Bertz CT molecular complexity index is 235. The van der Waals surface area contributed by atoms with Crippen molar-refractivity contribution >= 4 is 6.09 Å². The summed E-state index contributed by atoms with van der Waals surface area (Å²) in [6.45, 7) is 8.39. The fourth-order valence-corrected chi connectivity index (χ4v) is 1.93. The van der Waals surface area contributed by atoms with Crippen molar-refractivity contribution in [2.45, 2.75) is 32.4 Å². The van der Waals surface area contributed by atoms with Gasteiger partial charge in [0.1, 0.15) is 5.60 Å². The average Bonchev–Trinajstić information content (AvgIpc) is 2.24. The molecule has 1 amide bonds. The summed E-state index contributed by atoms with van der Waals surface area (Å²) >= 11 is 0. The second-order valence-corrected chi connectivity index (χ2v) is 5.16. The minimum atomic E-state index is -0.383. The molecule has 14 heavy (non-hydrogen) atoms. The van der Waals surface area contributed by atoms with E-state index in [1.807, 2.05) is 20.8 Å². The number of carbonyl (C=O) groups excluding carboxylic acids is 1. The highest BCUT2D eigenvalue weighted by Gasteiger charge is 2.41. The Kier molecular flexibility index (Phi) is 2.18. The van der Waals surface area contributed by atoms with Crippen molar-refractivity contribution in [3.05, 3.63) is 0 Å². The number of hydrogen-bond acceptors (Lipinski definition) is 3. The normalized spacial score (nSPS) is 30.9. The first-order valence-electron chi connectivity index (χ1n) is 5.17. The Hall–Kier alpha value is -0.770. The topological polar surface area (TPSA) is 41.6 Å². The molecule has 2 rings (SSSR count). The molecule has 0 saturated carbocycles. The summed E-state index contributed by atoms with van der Waals surface area (Å²) in [5.41, 5.74) is -0.383. The fourth-order valence-electron chi connectivity index (χ4n) is 1.93. The van der Waals surface area contributed by atoms with Crippen LogP contribution in [0.15, 0.2) is 0 Å². The van der Waals surface area contributed by atoms with Gasteiger partial charge in [-0.1, -0.05) is 0 Å². The summed E-state index contributed by atoms with van der Waals surface area (Å²) in [5.74, 6) is 0.655. The number of hydrogen-bond donors (Lipinski definition) is 1. The Balaban J connectivity index is 1.87. The third-order valence-corrected chi connectivity index (χ3v) is 2.73. The second kappa shape index (κ2) is 3.12. The smallest absolute Gasteiger partial charge is 0.410 e. The summed E-state index contributed by atoms with van der Waals surface area (Å²) in [6.07, 6.45) is -0.172. The van der Waals surface area contributed by atoms with E-state index in [0.717, 1.165) is 19.6 Å². The van der Waals surface area contributed by atoms with E-state index < -0.39 is 0 Å². The van der Waals surface area contributed by atoms with E-state index in [4.69, 9.17) is 4.74 Å². The molecule has 2 aliphatic heterocycles. The van der Waals surface area contributed by atoms with Gasteiger partial charge in [0, 0.05) is 31.6 Å². The zero-order chi connectivity index (χ0) is 10.3. The number of rotatable bonds is 0. The van der Waals surface area contributed by atoms with Gasteiger partial charge in [-0.15, -0.1) is 0 Å². The Morgan fingerprint density at radius 1 is 1.43 bits per heavy atom. The van der Waals surface area contributed by atoms with Gasteiger partial charge in [-0.05, 0) is 20.8 Å². The molecule has 0 aliphatic carbocycles. The van der Waals surface area contributed by atoms with Gasteiger partial charge in [0.05, 0.1) is 0 Å². The van der Waals surface area contributed by atoms with Gasteiger partial charge in [-0.2, -0.15) is 0 Å². The first-order valence-corrected chi connectivity index (χ1v) is 5.17. The van der Waals surface area contributed by atoms with Crippen molar-refractivity contribution in [1.82, 2.24) is 10.2 Å². The van der Waals surface area contributed by atoms with E-state index >= 15 is 0 Å². The molecule has 0 radical (unpaired) electrons.